The third kappa shape index (κ3) is 5.20. The summed E-state index contributed by atoms with van der Waals surface area (Å²) in [5.41, 5.74) is 3.26. The van der Waals surface area contributed by atoms with Crippen molar-refractivity contribution in [3.63, 3.8) is 0 Å². The fourth-order valence-corrected chi connectivity index (χ4v) is 6.82. The summed E-state index contributed by atoms with van der Waals surface area (Å²) in [6, 6.07) is 25.5. The molecule has 0 radical (unpaired) electrons. The lowest BCUT2D eigenvalue weighted by atomic mass is 9.93. The molecule has 0 saturated carbocycles. The van der Waals surface area contributed by atoms with E-state index in [1.165, 1.54) is 39.8 Å². The van der Waals surface area contributed by atoms with Crippen LogP contribution in [-0.4, -0.2) is 27.1 Å². The third-order valence-electron chi connectivity index (χ3n) is 7.00. The predicted octanol–water partition coefficient (Wildman–Crippen LogP) is 5.70. The number of benzene rings is 3. The van der Waals surface area contributed by atoms with Gasteiger partial charge in [-0.1, -0.05) is 65.9 Å². The fraction of sp³-hybridized carbons (Fsp3) is 0.0909. The van der Waals surface area contributed by atoms with Crippen LogP contribution in [0.2, 0.25) is 0 Å². The Morgan fingerprint density at radius 2 is 1.84 bits per heavy atom. The standard InChI is InChI=1S/C33H23FN4O4S2/c1-2-41-31(40)27-28(19-8-4-3-5-9-19)37-33-38(29(27)20-12-14-21(34)15-13-20)30(39)25(43-33)18-22-16-17-26(42-22)44-32-35-23-10-6-7-11-24(23)36-32/h3-18,29H,2H2,1H3,(H,35,36)/b25-18+/t29-/m1/s1. The number of nitrogens with zero attached hydrogens (tertiary/aromatic N) is 3. The van der Waals surface area contributed by atoms with Gasteiger partial charge in [-0.05, 0) is 60.6 Å². The van der Waals surface area contributed by atoms with E-state index in [1.807, 2.05) is 60.7 Å². The largest absolute Gasteiger partial charge is 0.463 e. The number of aromatic amines is 1. The number of para-hydroxylation sites is 2. The van der Waals surface area contributed by atoms with Crippen molar-refractivity contribution in [2.45, 2.75) is 23.2 Å². The second-order valence-electron chi connectivity index (χ2n) is 9.80. The lowest BCUT2D eigenvalue weighted by Crippen LogP contribution is -2.40. The summed E-state index contributed by atoms with van der Waals surface area (Å²) in [6.45, 7) is 1.85. The van der Waals surface area contributed by atoms with E-state index in [2.05, 4.69) is 9.97 Å². The first-order valence-corrected chi connectivity index (χ1v) is 15.4. The van der Waals surface area contributed by atoms with Gasteiger partial charge in [0.15, 0.2) is 15.1 Å². The number of thiazole rings is 1. The number of rotatable bonds is 7. The molecule has 0 unspecified atom stereocenters. The Kier molecular flexibility index (Phi) is 7.32. The lowest BCUT2D eigenvalue weighted by molar-refractivity contribution is -0.138. The number of H-pyrrole nitrogens is 1. The number of aromatic nitrogens is 3. The van der Waals surface area contributed by atoms with Crippen molar-refractivity contribution in [1.82, 2.24) is 14.5 Å². The van der Waals surface area contributed by atoms with Crippen LogP contribution in [0.1, 0.15) is 29.9 Å². The summed E-state index contributed by atoms with van der Waals surface area (Å²) in [6.07, 6.45) is 1.66. The summed E-state index contributed by atoms with van der Waals surface area (Å²) in [4.78, 5) is 40.6. The van der Waals surface area contributed by atoms with Gasteiger partial charge in [-0.2, -0.15) is 0 Å². The second-order valence-corrected chi connectivity index (χ2v) is 11.8. The molecule has 3 aromatic heterocycles. The van der Waals surface area contributed by atoms with Gasteiger partial charge in [0, 0.05) is 11.6 Å². The van der Waals surface area contributed by atoms with E-state index < -0.39 is 17.8 Å². The third-order valence-corrected chi connectivity index (χ3v) is 8.79. The number of carbonyl (C=O) groups excluding carboxylic acids is 1. The van der Waals surface area contributed by atoms with Gasteiger partial charge in [-0.25, -0.2) is 19.2 Å². The van der Waals surface area contributed by atoms with E-state index in [1.54, 1.807) is 31.2 Å². The Balaban J connectivity index is 1.34. The molecular weight excluding hydrogens is 600 g/mol. The Hall–Kier alpha value is -5.00. The minimum Gasteiger partial charge on any atom is -0.463 e. The smallest absolute Gasteiger partial charge is 0.338 e. The number of nitrogens with one attached hydrogen (secondary N) is 1. The summed E-state index contributed by atoms with van der Waals surface area (Å²) in [5, 5.41) is 1.29. The molecule has 11 heteroatoms. The molecule has 44 heavy (non-hydrogen) atoms. The maximum absolute atomic E-state index is 14.0. The molecule has 1 aliphatic rings. The number of ether oxygens (including phenoxy) is 1. The molecule has 1 N–H and O–H groups in total. The van der Waals surface area contributed by atoms with E-state index in [0.717, 1.165) is 11.0 Å². The summed E-state index contributed by atoms with van der Waals surface area (Å²) >= 11 is 2.52. The molecule has 0 spiro atoms. The van der Waals surface area contributed by atoms with E-state index in [9.17, 15) is 14.0 Å². The lowest BCUT2D eigenvalue weighted by Gasteiger charge is -2.25. The minimum absolute atomic E-state index is 0.137. The van der Waals surface area contributed by atoms with Crippen LogP contribution < -0.4 is 14.9 Å². The van der Waals surface area contributed by atoms with E-state index >= 15 is 0 Å². The van der Waals surface area contributed by atoms with Crippen molar-refractivity contribution in [1.29, 1.82) is 0 Å². The van der Waals surface area contributed by atoms with E-state index in [-0.39, 0.29) is 17.7 Å². The fourth-order valence-electron chi connectivity index (χ4n) is 5.07. The second kappa shape index (κ2) is 11.6. The average Bonchev–Trinajstić information content (AvgIpc) is 3.74. The highest BCUT2D eigenvalue weighted by atomic mass is 32.2. The molecule has 8 nitrogen and oxygen atoms in total. The van der Waals surface area contributed by atoms with Gasteiger partial charge < -0.3 is 14.1 Å². The number of furan rings is 1. The number of esters is 1. The zero-order chi connectivity index (χ0) is 30.2. The Morgan fingerprint density at radius 3 is 2.61 bits per heavy atom. The predicted molar refractivity (Wildman–Crippen MR) is 166 cm³/mol. The summed E-state index contributed by atoms with van der Waals surface area (Å²) in [7, 11) is 0. The number of hydrogen-bond donors (Lipinski definition) is 1. The molecular formula is C33H23FN4O4S2. The molecule has 1 atom stereocenters. The molecule has 1 aliphatic heterocycles. The first-order chi connectivity index (χ1) is 21.5. The first kappa shape index (κ1) is 27.8. The van der Waals surface area contributed by atoms with E-state index in [4.69, 9.17) is 14.1 Å². The van der Waals surface area contributed by atoms with Crippen LogP contribution in [0.5, 0.6) is 0 Å². The molecule has 0 fully saturated rings. The van der Waals surface area contributed by atoms with Gasteiger partial charge in [0.1, 0.15) is 11.6 Å². The molecule has 0 amide bonds. The SMILES string of the molecule is CCOC(=O)C1=C(c2ccccc2)N=c2s/c(=C/c3ccc(Sc4nc5ccccc5[nH]4)o3)c(=O)n2[C@@H]1c1ccc(F)cc1. The Bertz CT molecular complexity index is 2200. The molecule has 0 bridgehead atoms. The van der Waals surface area contributed by atoms with Crippen LogP contribution >= 0.6 is 23.1 Å². The van der Waals surface area contributed by atoms with Crippen LogP contribution in [0.4, 0.5) is 4.39 Å². The summed E-state index contributed by atoms with van der Waals surface area (Å²) < 4.78 is 27.3. The van der Waals surface area contributed by atoms with Crippen molar-refractivity contribution < 1.29 is 18.3 Å². The molecule has 4 heterocycles. The molecule has 7 rings (SSSR count). The molecule has 218 valence electrons. The minimum atomic E-state index is -0.890. The topological polar surface area (TPSA) is 102 Å². The molecule has 0 aliphatic carbocycles. The molecule has 6 aromatic rings. The number of carbonyl (C=O) groups is 1. The Morgan fingerprint density at radius 1 is 1.07 bits per heavy atom. The van der Waals surface area contributed by atoms with Gasteiger partial charge in [0.2, 0.25) is 0 Å². The Labute approximate surface area is 257 Å². The number of fused-ring (bicyclic) bond motifs is 2. The average molecular weight is 623 g/mol. The maximum Gasteiger partial charge on any atom is 0.338 e. The highest BCUT2D eigenvalue weighted by molar-refractivity contribution is 7.99. The van der Waals surface area contributed by atoms with Gasteiger partial charge in [0.25, 0.3) is 5.56 Å². The highest BCUT2D eigenvalue weighted by Gasteiger charge is 2.35. The van der Waals surface area contributed by atoms with Crippen molar-refractivity contribution in [3.05, 3.63) is 139 Å². The van der Waals surface area contributed by atoms with Crippen LogP contribution in [0.3, 0.4) is 0 Å². The van der Waals surface area contributed by atoms with Gasteiger partial charge in [-0.15, -0.1) is 0 Å². The van der Waals surface area contributed by atoms with Crippen molar-refractivity contribution in [3.8, 4) is 0 Å². The van der Waals surface area contributed by atoms with Crippen LogP contribution in [0, 0.1) is 5.82 Å². The number of imidazole rings is 1. The van der Waals surface area contributed by atoms with Gasteiger partial charge >= 0.3 is 5.97 Å². The molecule has 0 saturated heterocycles. The van der Waals surface area contributed by atoms with Gasteiger partial charge in [0.05, 0.1) is 39.5 Å². The van der Waals surface area contributed by atoms with Crippen LogP contribution in [0.15, 0.2) is 121 Å². The monoisotopic (exact) mass is 622 g/mol. The normalized spacial score (nSPS) is 15.0. The number of halogens is 1. The quantitative estimate of drug-likeness (QED) is 0.230. The van der Waals surface area contributed by atoms with E-state index in [0.29, 0.717) is 42.2 Å². The number of hydrogen-bond acceptors (Lipinski definition) is 8. The van der Waals surface area contributed by atoms with Crippen LogP contribution in [0.25, 0.3) is 22.8 Å². The van der Waals surface area contributed by atoms with Crippen LogP contribution in [-0.2, 0) is 9.53 Å². The van der Waals surface area contributed by atoms with Crippen molar-refractivity contribution >= 4 is 51.9 Å². The first-order valence-electron chi connectivity index (χ1n) is 13.7. The zero-order valence-corrected chi connectivity index (χ0v) is 24.8. The maximum atomic E-state index is 14.0. The van der Waals surface area contributed by atoms with Crippen molar-refractivity contribution in [2.24, 2.45) is 4.99 Å². The highest BCUT2D eigenvalue weighted by Crippen LogP contribution is 2.35. The van der Waals surface area contributed by atoms with Crippen molar-refractivity contribution in [2.75, 3.05) is 6.61 Å². The summed E-state index contributed by atoms with van der Waals surface area (Å²) in [5.74, 6) is -0.558. The zero-order valence-electron chi connectivity index (χ0n) is 23.2. The molecule has 3 aromatic carbocycles. The van der Waals surface area contributed by atoms with Gasteiger partial charge in [-0.3, -0.25) is 9.36 Å².